The summed E-state index contributed by atoms with van der Waals surface area (Å²) >= 11 is 14.2. The SMILES string of the molecule is CCCCCCc1ccc(-c2ccc([Si](c3cccs3)(c3ccc(-c4ccc(CCCCCC)s4)s3)c3ccc(-c4ccc(CCCCCC)s4)s3)s2)s1. The molecule has 54 heavy (non-hydrogen) atoms. The Labute approximate surface area is 353 Å². The largest absolute Gasteiger partial charge is 0.222 e. The van der Waals surface area contributed by atoms with E-state index in [1.165, 1.54) is 140 Å². The lowest BCUT2D eigenvalue weighted by molar-refractivity contribution is 0.670. The molecule has 7 rings (SSSR count). The summed E-state index contributed by atoms with van der Waals surface area (Å²) in [6, 6.07) is 34.0. The first kappa shape index (κ1) is 40.3. The fraction of sp³-hybridized carbons (Fsp3) is 0.391. The maximum absolute atomic E-state index is 2.57. The summed E-state index contributed by atoms with van der Waals surface area (Å²) in [4.78, 5) is 13.2. The van der Waals surface area contributed by atoms with Gasteiger partial charge >= 0.3 is 0 Å². The van der Waals surface area contributed by atoms with Crippen LogP contribution in [-0.4, -0.2) is 8.07 Å². The first-order valence-electron chi connectivity index (χ1n) is 20.2. The zero-order chi connectivity index (χ0) is 37.2. The summed E-state index contributed by atoms with van der Waals surface area (Å²) < 4.78 is 6.23. The van der Waals surface area contributed by atoms with Crippen LogP contribution in [0.1, 0.15) is 112 Å². The van der Waals surface area contributed by atoms with Gasteiger partial charge in [-0.3, -0.25) is 0 Å². The maximum atomic E-state index is 2.52. The molecule has 0 saturated carbocycles. The number of thiophene rings is 7. The van der Waals surface area contributed by atoms with Gasteiger partial charge in [-0.15, -0.1) is 68.0 Å². The van der Waals surface area contributed by atoms with Crippen LogP contribution in [0.3, 0.4) is 0 Å². The molecule has 7 aromatic heterocycles. The van der Waals surface area contributed by atoms with Gasteiger partial charge in [0, 0.05) is 61.9 Å². The summed E-state index contributed by atoms with van der Waals surface area (Å²) in [5.74, 6) is 0. The van der Waals surface area contributed by atoms with Crippen molar-refractivity contribution in [3.63, 3.8) is 0 Å². The van der Waals surface area contributed by atoms with Crippen LogP contribution in [0.5, 0.6) is 0 Å². The highest BCUT2D eigenvalue weighted by molar-refractivity contribution is 7.54. The fourth-order valence-electron chi connectivity index (χ4n) is 7.35. The van der Waals surface area contributed by atoms with E-state index in [0.29, 0.717) is 0 Å². The van der Waals surface area contributed by atoms with Crippen molar-refractivity contribution in [3.05, 3.63) is 105 Å². The molecule has 0 aliphatic rings. The second-order valence-electron chi connectivity index (χ2n) is 14.4. The zero-order valence-corrected chi connectivity index (χ0v) is 38.8. The van der Waals surface area contributed by atoms with Crippen LogP contribution in [0.4, 0.5) is 0 Å². The van der Waals surface area contributed by atoms with E-state index in [4.69, 9.17) is 0 Å². The quantitative estimate of drug-likeness (QED) is 0.0471. The van der Waals surface area contributed by atoms with Gasteiger partial charge in [-0.1, -0.05) is 109 Å². The van der Waals surface area contributed by atoms with Crippen molar-refractivity contribution in [2.75, 3.05) is 0 Å². The first-order chi connectivity index (χ1) is 26.6. The standard InChI is InChI=1S/C46H54S7Si/c1-4-7-10-13-17-34-21-24-37(48-34)40-27-30-44(51-40)54(43-20-16-33-47-43,45-31-28-41(52-45)38-25-22-35(49-38)18-14-11-8-5-2)46-32-29-42(53-46)39-26-23-36(50-39)19-15-12-9-6-3/h16,20-33H,4-15,17-19H2,1-3H3. The van der Waals surface area contributed by atoms with Crippen molar-refractivity contribution in [1.82, 2.24) is 0 Å². The summed E-state index contributed by atoms with van der Waals surface area (Å²) in [6.45, 7) is 6.90. The minimum absolute atomic E-state index is 1.21. The number of hydrogen-bond acceptors (Lipinski definition) is 7. The van der Waals surface area contributed by atoms with E-state index < -0.39 is 8.07 Å². The van der Waals surface area contributed by atoms with E-state index in [2.05, 4.69) is 145 Å². The van der Waals surface area contributed by atoms with Crippen LogP contribution in [0.2, 0.25) is 0 Å². The van der Waals surface area contributed by atoms with Gasteiger partial charge < -0.3 is 0 Å². The van der Waals surface area contributed by atoms with Crippen LogP contribution in [0.15, 0.2) is 90.3 Å². The van der Waals surface area contributed by atoms with Crippen LogP contribution in [0.25, 0.3) is 29.3 Å². The Morgan fingerprint density at radius 2 is 0.704 bits per heavy atom. The van der Waals surface area contributed by atoms with Gasteiger partial charge in [0.05, 0.1) is 0 Å². The van der Waals surface area contributed by atoms with Gasteiger partial charge in [-0.05, 0) is 98.5 Å². The molecule has 0 aromatic carbocycles. The highest BCUT2D eigenvalue weighted by atomic mass is 32.1. The minimum atomic E-state index is -2.57. The lowest BCUT2D eigenvalue weighted by Gasteiger charge is -2.28. The molecule has 0 radical (unpaired) electrons. The maximum Gasteiger partial charge on any atom is 0.222 e. The summed E-state index contributed by atoms with van der Waals surface area (Å²) in [5.41, 5.74) is 0. The van der Waals surface area contributed by atoms with E-state index in [1.807, 2.05) is 45.3 Å². The summed E-state index contributed by atoms with van der Waals surface area (Å²) in [6.07, 6.45) is 19.4. The highest BCUT2D eigenvalue weighted by Crippen LogP contribution is 2.38. The topological polar surface area (TPSA) is 0 Å². The van der Waals surface area contributed by atoms with E-state index in [-0.39, 0.29) is 0 Å². The molecule has 0 N–H and O–H groups in total. The molecule has 284 valence electrons. The lowest BCUT2D eigenvalue weighted by atomic mass is 10.1. The average Bonchev–Trinajstić information content (AvgIpc) is 4.04. The molecule has 0 bridgehead atoms. The smallest absolute Gasteiger partial charge is 0.152 e. The van der Waals surface area contributed by atoms with E-state index in [9.17, 15) is 0 Å². The Hall–Kier alpha value is -1.88. The monoisotopic (exact) mass is 858 g/mol. The minimum Gasteiger partial charge on any atom is -0.152 e. The molecule has 0 saturated heterocycles. The predicted octanol–water partition coefficient (Wildman–Crippen LogP) is 14.9. The molecular weight excluding hydrogens is 805 g/mol. The molecule has 0 amide bonds. The molecule has 0 nitrogen and oxygen atoms in total. The van der Waals surface area contributed by atoms with Gasteiger partial charge in [0.1, 0.15) is 0 Å². The number of hydrogen-bond donors (Lipinski definition) is 0. The number of unbranched alkanes of at least 4 members (excludes halogenated alkanes) is 9. The van der Waals surface area contributed by atoms with Gasteiger partial charge in [0.25, 0.3) is 0 Å². The van der Waals surface area contributed by atoms with Gasteiger partial charge in [-0.2, -0.15) is 11.3 Å². The van der Waals surface area contributed by atoms with Crippen molar-refractivity contribution in [1.29, 1.82) is 0 Å². The van der Waals surface area contributed by atoms with Gasteiger partial charge in [0.15, 0.2) is 0 Å². The molecule has 0 fully saturated rings. The van der Waals surface area contributed by atoms with Crippen LogP contribution < -0.4 is 18.0 Å². The van der Waals surface area contributed by atoms with Crippen molar-refractivity contribution < 1.29 is 0 Å². The molecule has 0 atom stereocenters. The zero-order valence-electron chi connectivity index (χ0n) is 32.1. The third kappa shape index (κ3) is 9.45. The van der Waals surface area contributed by atoms with E-state index in [0.717, 1.165) is 0 Å². The Morgan fingerprint density at radius 1 is 0.352 bits per heavy atom. The second kappa shape index (κ2) is 20.0. The van der Waals surface area contributed by atoms with Crippen molar-refractivity contribution >= 4 is 105 Å². The average molecular weight is 859 g/mol. The van der Waals surface area contributed by atoms with Gasteiger partial charge in [0.2, 0.25) is 8.07 Å². The Bertz CT molecular complexity index is 1910. The van der Waals surface area contributed by atoms with Gasteiger partial charge in [-0.25, -0.2) is 0 Å². The summed E-state index contributed by atoms with van der Waals surface area (Å²) in [5, 5.41) is 2.31. The van der Waals surface area contributed by atoms with Crippen molar-refractivity contribution in [2.24, 2.45) is 0 Å². The molecule has 0 unspecified atom stereocenters. The molecular formula is C46H54S7Si. The van der Waals surface area contributed by atoms with Crippen LogP contribution >= 0.6 is 79.4 Å². The third-order valence-electron chi connectivity index (χ3n) is 10.4. The Balaban J connectivity index is 1.26. The molecule has 8 heteroatoms. The molecule has 0 spiro atoms. The first-order valence-corrected chi connectivity index (χ1v) is 28.0. The highest BCUT2D eigenvalue weighted by Gasteiger charge is 2.46. The van der Waals surface area contributed by atoms with Crippen molar-refractivity contribution in [3.8, 4) is 29.3 Å². The third-order valence-corrected chi connectivity index (χ3v) is 26.3. The second-order valence-corrected chi connectivity index (χ2v) is 27.3. The molecule has 7 heterocycles. The Morgan fingerprint density at radius 3 is 1.04 bits per heavy atom. The Kier molecular flexibility index (Phi) is 14.9. The van der Waals surface area contributed by atoms with Crippen LogP contribution in [-0.2, 0) is 19.3 Å². The summed E-state index contributed by atoms with van der Waals surface area (Å²) in [7, 11) is -2.57. The molecule has 0 aliphatic carbocycles. The number of rotatable bonds is 22. The van der Waals surface area contributed by atoms with E-state index in [1.54, 1.807) is 18.0 Å². The molecule has 0 aliphatic heterocycles. The predicted molar refractivity (Wildman–Crippen MR) is 255 cm³/mol. The molecule has 7 aromatic rings. The normalized spacial score (nSPS) is 12.0. The number of aryl methyl sites for hydroxylation is 3. The van der Waals surface area contributed by atoms with E-state index >= 15 is 0 Å². The lowest BCUT2D eigenvalue weighted by Crippen LogP contribution is -2.71. The fourth-order valence-corrected chi connectivity index (χ4v) is 25.2. The van der Waals surface area contributed by atoms with Crippen molar-refractivity contribution in [2.45, 2.75) is 117 Å². The van der Waals surface area contributed by atoms with Crippen LogP contribution in [0, 0.1) is 0 Å².